The summed E-state index contributed by atoms with van der Waals surface area (Å²) in [6, 6.07) is 20.4. The van der Waals surface area contributed by atoms with Gasteiger partial charge in [-0.05, 0) is 47.9 Å². The lowest BCUT2D eigenvalue weighted by atomic mass is 10.0. The molecule has 0 unspecified atom stereocenters. The minimum Gasteiger partial charge on any atom is -0.439 e. The number of carbonyl (C=O) groups excluding carboxylic acids is 1. The minimum absolute atomic E-state index is 0.177. The molecule has 0 aliphatic carbocycles. The largest absolute Gasteiger partial charge is 0.439 e. The lowest BCUT2D eigenvalue weighted by Crippen LogP contribution is -2.11. The van der Waals surface area contributed by atoms with Gasteiger partial charge in [-0.1, -0.05) is 38.1 Å². The second-order valence-corrected chi connectivity index (χ2v) is 6.03. The number of nitrogens with zero attached hydrogens (tertiary/aromatic N) is 1. The molecule has 126 valence electrons. The lowest BCUT2D eigenvalue weighted by molar-refractivity contribution is 0.102. The standard InChI is InChI=1S/C21H20N2O2/c1-15(2)16-9-11-18(12-10-16)23-21(24)17-6-5-7-19(14-17)25-20-8-3-4-13-22-20/h3-15H,1-2H3,(H,23,24). The number of rotatable bonds is 5. The highest BCUT2D eigenvalue weighted by atomic mass is 16.5. The van der Waals surface area contributed by atoms with Gasteiger partial charge in [0.2, 0.25) is 5.88 Å². The lowest BCUT2D eigenvalue weighted by Gasteiger charge is -2.09. The molecule has 0 radical (unpaired) electrons. The summed E-state index contributed by atoms with van der Waals surface area (Å²) in [7, 11) is 0. The predicted molar refractivity (Wildman–Crippen MR) is 99.2 cm³/mol. The number of anilines is 1. The number of ether oxygens (including phenoxy) is 1. The minimum atomic E-state index is -0.177. The Morgan fingerprint density at radius 2 is 1.80 bits per heavy atom. The second-order valence-electron chi connectivity index (χ2n) is 6.03. The molecule has 0 saturated heterocycles. The molecule has 2 aromatic carbocycles. The van der Waals surface area contributed by atoms with Crippen LogP contribution < -0.4 is 10.1 Å². The van der Waals surface area contributed by atoms with Crippen LogP contribution in [0.5, 0.6) is 11.6 Å². The fourth-order valence-corrected chi connectivity index (χ4v) is 2.38. The van der Waals surface area contributed by atoms with E-state index in [-0.39, 0.29) is 5.91 Å². The van der Waals surface area contributed by atoms with Crippen LogP contribution in [0.1, 0.15) is 35.7 Å². The van der Waals surface area contributed by atoms with Gasteiger partial charge in [0.25, 0.3) is 5.91 Å². The van der Waals surface area contributed by atoms with Crippen molar-refractivity contribution in [3.05, 3.63) is 84.1 Å². The van der Waals surface area contributed by atoms with Crippen molar-refractivity contribution in [3.8, 4) is 11.6 Å². The van der Waals surface area contributed by atoms with Crippen molar-refractivity contribution in [3.63, 3.8) is 0 Å². The van der Waals surface area contributed by atoms with E-state index < -0.39 is 0 Å². The monoisotopic (exact) mass is 332 g/mol. The fourth-order valence-electron chi connectivity index (χ4n) is 2.38. The first-order chi connectivity index (χ1) is 12.1. The summed E-state index contributed by atoms with van der Waals surface area (Å²) in [4.78, 5) is 16.6. The van der Waals surface area contributed by atoms with E-state index in [1.165, 1.54) is 5.56 Å². The molecule has 0 atom stereocenters. The van der Waals surface area contributed by atoms with Crippen molar-refractivity contribution in [2.24, 2.45) is 0 Å². The Labute approximate surface area is 147 Å². The average Bonchev–Trinajstić information content (AvgIpc) is 2.63. The summed E-state index contributed by atoms with van der Waals surface area (Å²) < 4.78 is 5.67. The maximum Gasteiger partial charge on any atom is 0.255 e. The van der Waals surface area contributed by atoms with Gasteiger partial charge in [0, 0.05) is 23.5 Å². The Hall–Kier alpha value is -3.14. The average molecular weight is 332 g/mol. The predicted octanol–water partition coefficient (Wildman–Crippen LogP) is 5.25. The summed E-state index contributed by atoms with van der Waals surface area (Å²) in [5.41, 5.74) is 2.54. The molecule has 0 aliphatic rings. The van der Waals surface area contributed by atoms with Crippen LogP contribution in [0.2, 0.25) is 0 Å². The van der Waals surface area contributed by atoms with Gasteiger partial charge in [0.1, 0.15) is 5.75 Å². The molecular weight excluding hydrogens is 312 g/mol. The molecule has 1 amide bonds. The van der Waals surface area contributed by atoms with Gasteiger partial charge in [-0.25, -0.2) is 4.98 Å². The van der Waals surface area contributed by atoms with E-state index in [1.54, 1.807) is 36.5 Å². The zero-order valence-corrected chi connectivity index (χ0v) is 14.3. The second kappa shape index (κ2) is 7.62. The summed E-state index contributed by atoms with van der Waals surface area (Å²) in [6.07, 6.45) is 1.66. The number of aromatic nitrogens is 1. The van der Waals surface area contributed by atoms with Crippen LogP contribution >= 0.6 is 0 Å². The molecule has 0 fully saturated rings. The summed E-state index contributed by atoms with van der Waals surface area (Å²) in [5, 5.41) is 2.91. The molecule has 1 N–H and O–H groups in total. The van der Waals surface area contributed by atoms with E-state index in [4.69, 9.17) is 4.74 Å². The first kappa shape index (κ1) is 16.7. The molecule has 1 aromatic heterocycles. The highest BCUT2D eigenvalue weighted by Crippen LogP contribution is 2.21. The smallest absolute Gasteiger partial charge is 0.255 e. The van der Waals surface area contributed by atoms with Crippen molar-refractivity contribution >= 4 is 11.6 Å². The molecular formula is C21H20N2O2. The molecule has 3 aromatic rings. The number of benzene rings is 2. The highest BCUT2D eigenvalue weighted by molar-refractivity contribution is 6.04. The number of hydrogen-bond acceptors (Lipinski definition) is 3. The van der Waals surface area contributed by atoms with Gasteiger partial charge >= 0.3 is 0 Å². The van der Waals surface area contributed by atoms with Crippen molar-refractivity contribution in [1.29, 1.82) is 0 Å². The maximum absolute atomic E-state index is 12.5. The molecule has 4 nitrogen and oxygen atoms in total. The van der Waals surface area contributed by atoms with E-state index in [0.717, 1.165) is 5.69 Å². The van der Waals surface area contributed by atoms with Crippen molar-refractivity contribution < 1.29 is 9.53 Å². The molecule has 0 saturated carbocycles. The molecule has 3 rings (SSSR count). The van der Waals surface area contributed by atoms with Crippen molar-refractivity contribution in [1.82, 2.24) is 4.98 Å². The quantitative estimate of drug-likeness (QED) is 0.694. The number of hydrogen-bond donors (Lipinski definition) is 1. The third-order valence-corrected chi connectivity index (χ3v) is 3.79. The van der Waals surface area contributed by atoms with Gasteiger partial charge in [-0.3, -0.25) is 4.79 Å². The van der Waals surface area contributed by atoms with E-state index in [0.29, 0.717) is 23.1 Å². The normalized spacial score (nSPS) is 10.5. The number of pyridine rings is 1. The van der Waals surface area contributed by atoms with Crippen LogP contribution in [0.25, 0.3) is 0 Å². The molecule has 25 heavy (non-hydrogen) atoms. The van der Waals surface area contributed by atoms with Crippen LogP contribution in [-0.2, 0) is 0 Å². The summed E-state index contributed by atoms with van der Waals surface area (Å²) >= 11 is 0. The fraction of sp³-hybridized carbons (Fsp3) is 0.143. The molecule has 1 heterocycles. The molecule has 0 spiro atoms. The van der Waals surface area contributed by atoms with E-state index >= 15 is 0 Å². The summed E-state index contributed by atoms with van der Waals surface area (Å²) in [5.74, 6) is 1.35. The zero-order valence-electron chi connectivity index (χ0n) is 14.3. The van der Waals surface area contributed by atoms with Crippen LogP contribution in [0.4, 0.5) is 5.69 Å². The summed E-state index contributed by atoms with van der Waals surface area (Å²) in [6.45, 7) is 4.28. The van der Waals surface area contributed by atoms with E-state index in [1.807, 2.05) is 36.4 Å². The Morgan fingerprint density at radius 3 is 2.48 bits per heavy atom. The number of carbonyl (C=O) groups is 1. The van der Waals surface area contributed by atoms with Gasteiger partial charge < -0.3 is 10.1 Å². The first-order valence-electron chi connectivity index (χ1n) is 8.22. The topological polar surface area (TPSA) is 51.2 Å². The number of amides is 1. The van der Waals surface area contributed by atoms with Gasteiger partial charge in [-0.2, -0.15) is 0 Å². The van der Waals surface area contributed by atoms with E-state index in [2.05, 4.69) is 24.1 Å². The van der Waals surface area contributed by atoms with E-state index in [9.17, 15) is 4.79 Å². The van der Waals surface area contributed by atoms with Crippen molar-refractivity contribution in [2.45, 2.75) is 19.8 Å². The molecule has 4 heteroatoms. The third-order valence-electron chi connectivity index (χ3n) is 3.79. The van der Waals surface area contributed by atoms with Crippen LogP contribution in [-0.4, -0.2) is 10.9 Å². The van der Waals surface area contributed by atoms with Crippen LogP contribution in [0, 0.1) is 0 Å². The zero-order chi connectivity index (χ0) is 17.6. The Kier molecular flexibility index (Phi) is 5.09. The maximum atomic E-state index is 12.5. The Morgan fingerprint density at radius 1 is 1.00 bits per heavy atom. The van der Waals surface area contributed by atoms with Crippen molar-refractivity contribution in [2.75, 3.05) is 5.32 Å². The van der Waals surface area contributed by atoms with Gasteiger partial charge in [0.15, 0.2) is 0 Å². The third kappa shape index (κ3) is 4.44. The van der Waals surface area contributed by atoms with Gasteiger partial charge in [-0.15, -0.1) is 0 Å². The SMILES string of the molecule is CC(C)c1ccc(NC(=O)c2cccc(Oc3ccccn3)c2)cc1. The highest BCUT2D eigenvalue weighted by Gasteiger charge is 2.08. The molecule has 0 bridgehead atoms. The number of nitrogens with one attached hydrogen (secondary N) is 1. The Bertz CT molecular complexity index is 843. The Balaban J connectivity index is 1.70. The van der Waals surface area contributed by atoms with Crippen LogP contribution in [0.15, 0.2) is 72.9 Å². The first-order valence-corrected chi connectivity index (χ1v) is 8.22. The molecule has 0 aliphatic heterocycles. The van der Waals surface area contributed by atoms with Crippen LogP contribution in [0.3, 0.4) is 0 Å². The van der Waals surface area contributed by atoms with Gasteiger partial charge in [0.05, 0.1) is 0 Å².